The van der Waals surface area contributed by atoms with Crippen LogP contribution >= 0.6 is 11.6 Å². The first kappa shape index (κ1) is 17.6. The number of likely N-dealkylation sites (tertiary alicyclic amines) is 1. The third-order valence-corrected chi connectivity index (χ3v) is 4.22. The number of hydrogen-bond donors (Lipinski definition) is 1. The van der Waals surface area contributed by atoms with E-state index in [1.54, 1.807) is 36.1 Å². The Balaban J connectivity index is 1.81. The minimum absolute atomic E-state index is 0.0276. The minimum Gasteiger partial charge on any atom is -0.481 e. The summed E-state index contributed by atoms with van der Waals surface area (Å²) in [6.07, 6.45) is 1.51. The summed E-state index contributed by atoms with van der Waals surface area (Å²) in [6, 6.07) is 7.13. The molecule has 1 atom stereocenters. The number of hydrogen-bond acceptors (Lipinski definition) is 3. The summed E-state index contributed by atoms with van der Waals surface area (Å²) < 4.78 is 5.67. The van der Waals surface area contributed by atoms with E-state index in [9.17, 15) is 9.59 Å². The number of ether oxygens (including phenoxy) is 1. The van der Waals surface area contributed by atoms with Gasteiger partial charge in [0, 0.05) is 30.6 Å². The maximum atomic E-state index is 12.4. The molecule has 6 heteroatoms. The van der Waals surface area contributed by atoms with E-state index < -0.39 is 6.10 Å². The van der Waals surface area contributed by atoms with Gasteiger partial charge in [-0.2, -0.15) is 0 Å². The lowest BCUT2D eigenvalue weighted by atomic mass is 10.0. The molecule has 5 nitrogen and oxygen atoms in total. The molecule has 23 heavy (non-hydrogen) atoms. The molecule has 0 spiro atoms. The van der Waals surface area contributed by atoms with Crippen molar-refractivity contribution in [2.75, 3.05) is 13.1 Å². The van der Waals surface area contributed by atoms with Crippen LogP contribution in [-0.2, 0) is 9.59 Å². The molecule has 2 rings (SSSR count). The first-order chi connectivity index (χ1) is 11.0. The van der Waals surface area contributed by atoms with E-state index >= 15 is 0 Å². The van der Waals surface area contributed by atoms with Gasteiger partial charge in [0.1, 0.15) is 5.75 Å². The lowest BCUT2D eigenvalue weighted by molar-refractivity contribution is -0.139. The summed E-state index contributed by atoms with van der Waals surface area (Å²) in [6.45, 7) is 4.87. The van der Waals surface area contributed by atoms with Crippen molar-refractivity contribution in [3.63, 3.8) is 0 Å². The lowest BCUT2D eigenvalue weighted by Crippen LogP contribution is -2.49. The second kappa shape index (κ2) is 8.20. The fourth-order valence-corrected chi connectivity index (χ4v) is 2.72. The number of rotatable bonds is 5. The van der Waals surface area contributed by atoms with E-state index in [2.05, 4.69) is 5.32 Å². The molecule has 0 bridgehead atoms. The van der Waals surface area contributed by atoms with Crippen LogP contribution in [0.15, 0.2) is 24.3 Å². The molecule has 0 radical (unpaired) electrons. The van der Waals surface area contributed by atoms with Gasteiger partial charge in [-0.25, -0.2) is 0 Å². The Labute approximate surface area is 141 Å². The molecule has 1 aliphatic heterocycles. The van der Waals surface area contributed by atoms with Crippen LogP contribution < -0.4 is 10.1 Å². The summed E-state index contributed by atoms with van der Waals surface area (Å²) in [4.78, 5) is 25.7. The fraction of sp³-hybridized carbons (Fsp3) is 0.529. The molecule has 1 aromatic carbocycles. The van der Waals surface area contributed by atoms with Crippen LogP contribution in [-0.4, -0.2) is 41.9 Å². The van der Waals surface area contributed by atoms with E-state index in [1.165, 1.54) is 0 Å². The molecular formula is C17H23ClN2O3. The lowest BCUT2D eigenvalue weighted by Gasteiger charge is -2.33. The zero-order chi connectivity index (χ0) is 16.8. The predicted octanol–water partition coefficient (Wildman–Crippen LogP) is 2.62. The summed E-state index contributed by atoms with van der Waals surface area (Å²) in [7, 11) is 0. The van der Waals surface area contributed by atoms with Gasteiger partial charge in [0.25, 0.3) is 5.91 Å². The van der Waals surface area contributed by atoms with E-state index in [0.29, 0.717) is 30.3 Å². The van der Waals surface area contributed by atoms with E-state index in [4.69, 9.17) is 16.3 Å². The quantitative estimate of drug-likeness (QED) is 0.897. The minimum atomic E-state index is -0.544. The molecule has 1 N–H and O–H groups in total. The first-order valence-electron chi connectivity index (χ1n) is 8.00. The van der Waals surface area contributed by atoms with Crippen molar-refractivity contribution in [2.45, 2.75) is 45.3 Å². The first-order valence-corrected chi connectivity index (χ1v) is 8.37. The number of carbonyl (C=O) groups is 2. The Kier molecular flexibility index (Phi) is 6.28. The van der Waals surface area contributed by atoms with E-state index in [-0.39, 0.29) is 17.9 Å². The highest BCUT2D eigenvalue weighted by atomic mass is 35.5. The fourth-order valence-electron chi connectivity index (χ4n) is 2.60. The topological polar surface area (TPSA) is 58.6 Å². The van der Waals surface area contributed by atoms with E-state index in [1.807, 2.05) is 6.92 Å². The Morgan fingerprint density at radius 1 is 1.30 bits per heavy atom. The van der Waals surface area contributed by atoms with Crippen LogP contribution in [0.3, 0.4) is 0 Å². The van der Waals surface area contributed by atoms with Crippen molar-refractivity contribution >= 4 is 23.4 Å². The Bertz CT molecular complexity index is 539. The number of amides is 2. The molecular weight excluding hydrogens is 316 g/mol. The Hall–Kier alpha value is -1.75. The van der Waals surface area contributed by atoms with Crippen LogP contribution in [0, 0.1) is 0 Å². The third-order valence-electron chi connectivity index (χ3n) is 3.97. The molecule has 1 fully saturated rings. The summed E-state index contributed by atoms with van der Waals surface area (Å²) >= 11 is 5.83. The third kappa shape index (κ3) is 5.13. The van der Waals surface area contributed by atoms with Crippen LogP contribution in [0.25, 0.3) is 0 Å². The van der Waals surface area contributed by atoms with Crippen LogP contribution in [0.5, 0.6) is 5.75 Å². The van der Waals surface area contributed by atoms with Gasteiger partial charge in [-0.1, -0.05) is 18.5 Å². The number of nitrogens with zero attached hydrogens (tertiary/aromatic N) is 1. The zero-order valence-corrected chi connectivity index (χ0v) is 14.3. The average molecular weight is 339 g/mol. The largest absolute Gasteiger partial charge is 0.481 e. The van der Waals surface area contributed by atoms with Crippen LogP contribution in [0.1, 0.15) is 33.1 Å². The van der Waals surface area contributed by atoms with Gasteiger partial charge in [-0.3, -0.25) is 9.59 Å². The van der Waals surface area contributed by atoms with Gasteiger partial charge >= 0.3 is 0 Å². The summed E-state index contributed by atoms with van der Waals surface area (Å²) in [5, 5.41) is 3.61. The van der Waals surface area contributed by atoms with Crippen molar-refractivity contribution in [1.29, 1.82) is 0 Å². The molecule has 1 unspecified atom stereocenters. The molecule has 0 aliphatic carbocycles. The molecule has 1 aromatic rings. The normalized spacial score (nSPS) is 16.7. The van der Waals surface area contributed by atoms with Crippen molar-refractivity contribution in [3.05, 3.63) is 29.3 Å². The van der Waals surface area contributed by atoms with Crippen molar-refractivity contribution in [3.8, 4) is 5.75 Å². The second-order valence-electron chi connectivity index (χ2n) is 5.73. The Morgan fingerprint density at radius 2 is 1.91 bits per heavy atom. The second-order valence-corrected chi connectivity index (χ2v) is 6.17. The molecule has 126 valence electrons. The highest BCUT2D eigenvalue weighted by molar-refractivity contribution is 6.30. The smallest absolute Gasteiger partial charge is 0.263 e. The van der Waals surface area contributed by atoms with Gasteiger partial charge in [-0.05, 0) is 44.0 Å². The number of carbonyl (C=O) groups excluding carboxylic acids is 2. The summed E-state index contributed by atoms with van der Waals surface area (Å²) in [5.41, 5.74) is 0. The molecule has 1 aliphatic rings. The number of piperidine rings is 1. The molecule has 0 aromatic heterocycles. The maximum absolute atomic E-state index is 12.4. The monoisotopic (exact) mass is 338 g/mol. The molecule has 2 amide bonds. The zero-order valence-electron chi connectivity index (χ0n) is 13.5. The van der Waals surface area contributed by atoms with Gasteiger partial charge in [0.05, 0.1) is 0 Å². The number of nitrogens with one attached hydrogen (secondary N) is 1. The highest BCUT2D eigenvalue weighted by Crippen LogP contribution is 2.18. The van der Waals surface area contributed by atoms with Crippen molar-refractivity contribution in [1.82, 2.24) is 10.2 Å². The van der Waals surface area contributed by atoms with Crippen molar-refractivity contribution < 1.29 is 14.3 Å². The molecule has 1 heterocycles. The van der Waals surface area contributed by atoms with E-state index in [0.717, 1.165) is 12.8 Å². The van der Waals surface area contributed by atoms with Gasteiger partial charge < -0.3 is 15.0 Å². The van der Waals surface area contributed by atoms with Crippen LogP contribution in [0.2, 0.25) is 5.02 Å². The SMILES string of the molecule is CCC(=O)NC1CCN(C(=O)C(C)Oc2ccc(Cl)cc2)CC1. The molecule has 0 saturated carbocycles. The van der Waals surface area contributed by atoms with Gasteiger partial charge in [-0.15, -0.1) is 0 Å². The predicted molar refractivity (Wildman–Crippen MR) is 89.6 cm³/mol. The number of benzene rings is 1. The van der Waals surface area contributed by atoms with Gasteiger partial charge in [0.15, 0.2) is 6.10 Å². The maximum Gasteiger partial charge on any atom is 0.263 e. The Morgan fingerprint density at radius 3 is 2.48 bits per heavy atom. The average Bonchev–Trinajstić information content (AvgIpc) is 2.56. The van der Waals surface area contributed by atoms with Crippen molar-refractivity contribution in [2.24, 2.45) is 0 Å². The number of halogens is 1. The van der Waals surface area contributed by atoms with Gasteiger partial charge in [0.2, 0.25) is 5.91 Å². The summed E-state index contributed by atoms with van der Waals surface area (Å²) in [5.74, 6) is 0.662. The standard InChI is InChI=1S/C17H23ClN2O3/c1-3-16(21)19-14-8-10-20(11-9-14)17(22)12(2)23-15-6-4-13(18)5-7-15/h4-7,12,14H,3,8-11H2,1-2H3,(H,19,21). The molecule has 1 saturated heterocycles. The van der Waals surface area contributed by atoms with Crippen LogP contribution in [0.4, 0.5) is 0 Å². The highest BCUT2D eigenvalue weighted by Gasteiger charge is 2.27.